The van der Waals surface area contributed by atoms with Gasteiger partial charge in [-0.1, -0.05) is 37.3 Å². The summed E-state index contributed by atoms with van der Waals surface area (Å²) in [5.41, 5.74) is 1.32. The number of carbonyl (C=O) groups is 2. The van der Waals surface area contributed by atoms with E-state index in [0.29, 0.717) is 36.6 Å². The number of ether oxygens (including phenoxy) is 2. The molecule has 0 aromatic heterocycles. The molecule has 2 aromatic carbocycles. The number of sulfonamides is 1. The quantitative estimate of drug-likeness (QED) is 0.477. The SMILES string of the molecule is CCNC(=O)[C@@H](CC)N(CCc1ccccc1)C(=O)CN(c1ccc2c(c1)OCO2)S(=O)(=O)CC. The second-order valence-electron chi connectivity index (χ2n) is 8.09. The number of hydrogen-bond acceptors (Lipinski definition) is 6. The molecule has 0 fully saturated rings. The average molecular weight is 504 g/mol. The number of likely N-dealkylation sites (N-methyl/N-ethyl adjacent to an activating group) is 1. The van der Waals surface area contributed by atoms with Gasteiger partial charge in [0.05, 0.1) is 11.4 Å². The zero-order valence-electron chi connectivity index (χ0n) is 20.4. The van der Waals surface area contributed by atoms with Gasteiger partial charge in [0, 0.05) is 19.2 Å². The van der Waals surface area contributed by atoms with E-state index in [-0.39, 0.29) is 25.0 Å². The summed E-state index contributed by atoms with van der Waals surface area (Å²) in [6.45, 7) is 5.51. The van der Waals surface area contributed by atoms with Crippen LogP contribution in [0.25, 0.3) is 0 Å². The van der Waals surface area contributed by atoms with Crippen molar-refractivity contribution in [1.29, 1.82) is 0 Å². The number of anilines is 1. The maximum atomic E-state index is 13.6. The van der Waals surface area contributed by atoms with Crippen LogP contribution in [-0.4, -0.2) is 63.4 Å². The molecule has 0 spiro atoms. The number of nitrogens with one attached hydrogen (secondary N) is 1. The maximum Gasteiger partial charge on any atom is 0.244 e. The van der Waals surface area contributed by atoms with E-state index in [2.05, 4.69) is 5.32 Å². The number of benzene rings is 2. The molecule has 10 heteroatoms. The minimum atomic E-state index is -3.80. The van der Waals surface area contributed by atoms with Crippen molar-refractivity contribution < 1.29 is 27.5 Å². The van der Waals surface area contributed by atoms with E-state index in [1.807, 2.05) is 44.2 Å². The summed E-state index contributed by atoms with van der Waals surface area (Å²) in [5, 5.41) is 2.79. The molecule has 0 saturated heterocycles. The molecule has 0 radical (unpaired) electrons. The second kappa shape index (κ2) is 11.9. The molecule has 0 saturated carbocycles. The van der Waals surface area contributed by atoms with Crippen LogP contribution in [0.5, 0.6) is 11.5 Å². The van der Waals surface area contributed by atoms with Crippen LogP contribution in [0.2, 0.25) is 0 Å². The molecule has 0 unspecified atom stereocenters. The normalized spacial score (nSPS) is 13.2. The van der Waals surface area contributed by atoms with Crippen molar-refractivity contribution in [2.45, 2.75) is 39.7 Å². The lowest BCUT2D eigenvalue weighted by Crippen LogP contribution is -2.53. The Morgan fingerprint density at radius 2 is 1.74 bits per heavy atom. The van der Waals surface area contributed by atoms with Crippen LogP contribution < -0.4 is 19.1 Å². The second-order valence-corrected chi connectivity index (χ2v) is 10.3. The van der Waals surface area contributed by atoms with Crippen LogP contribution >= 0.6 is 0 Å². The van der Waals surface area contributed by atoms with Gasteiger partial charge < -0.3 is 19.7 Å². The Balaban J connectivity index is 1.91. The molecular weight excluding hydrogens is 470 g/mol. The monoisotopic (exact) mass is 503 g/mol. The zero-order chi connectivity index (χ0) is 25.4. The summed E-state index contributed by atoms with van der Waals surface area (Å²) in [4.78, 5) is 27.9. The number of rotatable bonds is 12. The lowest BCUT2D eigenvalue weighted by molar-refractivity contribution is -0.139. The van der Waals surface area contributed by atoms with E-state index in [0.717, 1.165) is 9.87 Å². The van der Waals surface area contributed by atoms with Gasteiger partial charge in [0.2, 0.25) is 28.6 Å². The molecule has 1 heterocycles. The van der Waals surface area contributed by atoms with Gasteiger partial charge in [0.1, 0.15) is 12.6 Å². The van der Waals surface area contributed by atoms with Crippen molar-refractivity contribution in [3.05, 3.63) is 54.1 Å². The Bertz CT molecular complexity index is 1120. The zero-order valence-corrected chi connectivity index (χ0v) is 21.2. The third-order valence-corrected chi connectivity index (χ3v) is 7.59. The number of nitrogens with zero attached hydrogens (tertiary/aromatic N) is 2. The minimum absolute atomic E-state index is 0.0518. The van der Waals surface area contributed by atoms with Crippen molar-refractivity contribution in [2.24, 2.45) is 0 Å². The smallest absolute Gasteiger partial charge is 0.244 e. The lowest BCUT2D eigenvalue weighted by Gasteiger charge is -2.33. The predicted molar refractivity (Wildman–Crippen MR) is 134 cm³/mol. The van der Waals surface area contributed by atoms with Crippen molar-refractivity contribution in [1.82, 2.24) is 10.2 Å². The molecule has 35 heavy (non-hydrogen) atoms. The lowest BCUT2D eigenvalue weighted by atomic mass is 10.1. The summed E-state index contributed by atoms with van der Waals surface area (Å²) in [7, 11) is -3.80. The Morgan fingerprint density at radius 3 is 2.40 bits per heavy atom. The standard InChI is InChI=1S/C25H33N3O6S/c1-4-21(25(30)26-5-2)27(15-14-19-10-8-7-9-11-19)24(29)17-28(35(31,32)6-3)20-12-13-22-23(16-20)34-18-33-22/h7-13,16,21H,4-6,14-15,17-18H2,1-3H3,(H,26,30)/t21-/m1/s1. The Morgan fingerprint density at radius 1 is 1.03 bits per heavy atom. The van der Waals surface area contributed by atoms with Crippen LogP contribution in [-0.2, 0) is 26.0 Å². The van der Waals surface area contributed by atoms with Crippen molar-refractivity contribution in [3.63, 3.8) is 0 Å². The molecule has 0 bridgehead atoms. The first-order valence-corrected chi connectivity index (χ1v) is 13.4. The van der Waals surface area contributed by atoms with Gasteiger partial charge in [0.15, 0.2) is 11.5 Å². The van der Waals surface area contributed by atoms with Gasteiger partial charge in [-0.25, -0.2) is 8.42 Å². The maximum absolute atomic E-state index is 13.6. The largest absolute Gasteiger partial charge is 0.454 e. The first kappa shape index (κ1) is 26.3. The molecular formula is C25H33N3O6S. The fraction of sp³-hybridized carbons (Fsp3) is 0.440. The van der Waals surface area contributed by atoms with E-state index in [1.165, 1.54) is 11.8 Å². The average Bonchev–Trinajstić information content (AvgIpc) is 3.33. The van der Waals surface area contributed by atoms with Crippen LogP contribution in [0.15, 0.2) is 48.5 Å². The molecule has 190 valence electrons. The van der Waals surface area contributed by atoms with Crippen molar-refractivity contribution in [2.75, 3.05) is 36.5 Å². The number of carbonyl (C=O) groups excluding carboxylic acids is 2. The summed E-state index contributed by atoms with van der Waals surface area (Å²) in [6.07, 6.45) is 0.934. The summed E-state index contributed by atoms with van der Waals surface area (Å²) >= 11 is 0. The van der Waals surface area contributed by atoms with E-state index >= 15 is 0 Å². The highest BCUT2D eigenvalue weighted by atomic mass is 32.2. The highest BCUT2D eigenvalue weighted by Crippen LogP contribution is 2.36. The minimum Gasteiger partial charge on any atom is -0.454 e. The molecule has 2 amide bonds. The Labute approximate surface area is 207 Å². The van der Waals surface area contributed by atoms with Gasteiger partial charge in [-0.05, 0) is 44.4 Å². The summed E-state index contributed by atoms with van der Waals surface area (Å²) in [6, 6.07) is 13.7. The molecule has 1 atom stereocenters. The predicted octanol–water partition coefficient (Wildman–Crippen LogP) is 2.56. The molecule has 1 aliphatic heterocycles. The van der Waals surface area contributed by atoms with Crippen molar-refractivity contribution >= 4 is 27.5 Å². The Hall–Kier alpha value is -3.27. The van der Waals surface area contributed by atoms with Gasteiger partial charge in [-0.15, -0.1) is 0 Å². The van der Waals surface area contributed by atoms with Crippen molar-refractivity contribution in [3.8, 4) is 11.5 Å². The molecule has 2 aromatic rings. The summed E-state index contributed by atoms with van der Waals surface area (Å²) in [5.74, 6) is 0.0338. The van der Waals surface area contributed by atoms with Crippen LogP contribution in [0.1, 0.15) is 32.8 Å². The highest BCUT2D eigenvalue weighted by Gasteiger charge is 2.32. The first-order chi connectivity index (χ1) is 16.8. The molecule has 1 N–H and O–H groups in total. The van der Waals surface area contributed by atoms with E-state index in [1.54, 1.807) is 18.2 Å². The molecule has 0 aliphatic carbocycles. The fourth-order valence-electron chi connectivity index (χ4n) is 3.95. The topological polar surface area (TPSA) is 105 Å². The third-order valence-electron chi connectivity index (χ3n) is 5.84. The fourth-order valence-corrected chi connectivity index (χ4v) is 5.00. The van der Waals surface area contributed by atoms with Crippen LogP contribution in [0, 0.1) is 0 Å². The number of amides is 2. The van der Waals surface area contributed by atoms with E-state index in [9.17, 15) is 18.0 Å². The number of fused-ring (bicyclic) bond motifs is 1. The summed E-state index contributed by atoms with van der Waals surface area (Å²) < 4.78 is 37.8. The van der Waals surface area contributed by atoms with E-state index < -0.39 is 28.5 Å². The molecule has 3 rings (SSSR count). The molecule has 1 aliphatic rings. The van der Waals surface area contributed by atoms with Gasteiger partial charge in [-0.2, -0.15) is 0 Å². The first-order valence-electron chi connectivity index (χ1n) is 11.8. The van der Waals surface area contributed by atoms with Crippen LogP contribution in [0.4, 0.5) is 5.69 Å². The van der Waals surface area contributed by atoms with Gasteiger partial charge in [-0.3, -0.25) is 13.9 Å². The highest BCUT2D eigenvalue weighted by molar-refractivity contribution is 7.92. The van der Waals surface area contributed by atoms with Gasteiger partial charge in [0.25, 0.3) is 0 Å². The molecule has 9 nitrogen and oxygen atoms in total. The van der Waals surface area contributed by atoms with Crippen LogP contribution in [0.3, 0.4) is 0 Å². The van der Waals surface area contributed by atoms with E-state index in [4.69, 9.17) is 9.47 Å². The third kappa shape index (κ3) is 6.45. The number of hydrogen-bond donors (Lipinski definition) is 1. The Kier molecular flexibility index (Phi) is 8.97. The van der Waals surface area contributed by atoms with Gasteiger partial charge >= 0.3 is 0 Å².